The van der Waals surface area contributed by atoms with E-state index in [1.165, 1.54) is 11.1 Å². The van der Waals surface area contributed by atoms with Gasteiger partial charge in [-0.25, -0.2) is 0 Å². The van der Waals surface area contributed by atoms with Crippen molar-refractivity contribution in [3.05, 3.63) is 82.9 Å². The molecule has 0 amide bonds. The predicted octanol–water partition coefficient (Wildman–Crippen LogP) is 4.93. The van der Waals surface area contributed by atoms with Gasteiger partial charge < -0.3 is 24.3 Å². The Balaban J connectivity index is 1.51. The standard InChI is InChI=1S/C26H31NO4/c1-19-5-7-21(8-6-19)18-31-24-12-10-22(16-26(24)30-4)17-27-14-13-20-9-11-23(28-2)25(15-20)29-3/h5-12,15-16,27H,13-14,17-18H2,1-4H3. The number of hydrogen-bond acceptors (Lipinski definition) is 5. The Labute approximate surface area is 184 Å². The summed E-state index contributed by atoms with van der Waals surface area (Å²) in [5, 5.41) is 3.48. The summed E-state index contributed by atoms with van der Waals surface area (Å²) < 4.78 is 22.2. The minimum atomic E-state index is 0.513. The molecule has 0 radical (unpaired) electrons. The van der Waals surface area contributed by atoms with Crippen LogP contribution in [0, 0.1) is 6.92 Å². The third-order valence-electron chi connectivity index (χ3n) is 5.11. The van der Waals surface area contributed by atoms with E-state index in [-0.39, 0.29) is 0 Å². The Hall–Kier alpha value is -3.18. The van der Waals surface area contributed by atoms with E-state index >= 15 is 0 Å². The molecule has 3 aromatic carbocycles. The average molecular weight is 422 g/mol. The minimum absolute atomic E-state index is 0.513. The van der Waals surface area contributed by atoms with Gasteiger partial charge in [0.2, 0.25) is 0 Å². The summed E-state index contributed by atoms with van der Waals surface area (Å²) in [5.74, 6) is 2.99. The zero-order chi connectivity index (χ0) is 22.1. The van der Waals surface area contributed by atoms with Crippen LogP contribution in [0.3, 0.4) is 0 Å². The predicted molar refractivity (Wildman–Crippen MR) is 123 cm³/mol. The lowest BCUT2D eigenvalue weighted by molar-refractivity contribution is 0.284. The van der Waals surface area contributed by atoms with E-state index in [9.17, 15) is 0 Å². The van der Waals surface area contributed by atoms with Gasteiger partial charge in [-0.15, -0.1) is 0 Å². The zero-order valence-corrected chi connectivity index (χ0v) is 18.7. The van der Waals surface area contributed by atoms with Crippen LogP contribution in [0.1, 0.15) is 22.3 Å². The fraction of sp³-hybridized carbons (Fsp3) is 0.308. The van der Waals surface area contributed by atoms with Gasteiger partial charge in [-0.1, -0.05) is 42.0 Å². The number of methoxy groups -OCH3 is 3. The Morgan fingerprint density at radius 3 is 1.94 bits per heavy atom. The van der Waals surface area contributed by atoms with Crippen molar-refractivity contribution in [1.82, 2.24) is 5.32 Å². The van der Waals surface area contributed by atoms with E-state index in [0.29, 0.717) is 6.61 Å². The molecule has 0 aliphatic carbocycles. The van der Waals surface area contributed by atoms with Crippen molar-refractivity contribution in [3.8, 4) is 23.0 Å². The second-order valence-electron chi connectivity index (χ2n) is 7.38. The molecule has 0 atom stereocenters. The van der Waals surface area contributed by atoms with Crippen LogP contribution in [0.4, 0.5) is 0 Å². The number of benzene rings is 3. The number of rotatable bonds is 11. The number of nitrogens with one attached hydrogen (secondary N) is 1. The molecule has 0 fully saturated rings. The molecule has 164 valence electrons. The molecule has 3 aromatic rings. The maximum Gasteiger partial charge on any atom is 0.161 e. The molecule has 1 N–H and O–H groups in total. The van der Waals surface area contributed by atoms with Gasteiger partial charge in [0.1, 0.15) is 6.61 Å². The first-order valence-corrected chi connectivity index (χ1v) is 10.4. The summed E-state index contributed by atoms with van der Waals surface area (Å²) >= 11 is 0. The van der Waals surface area contributed by atoms with Crippen molar-refractivity contribution < 1.29 is 18.9 Å². The molecule has 0 spiro atoms. The van der Waals surface area contributed by atoms with Gasteiger partial charge in [0.25, 0.3) is 0 Å². The maximum atomic E-state index is 5.97. The lowest BCUT2D eigenvalue weighted by Gasteiger charge is -2.13. The topological polar surface area (TPSA) is 49.0 Å². The third-order valence-corrected chi connectivity index (χ3v) is 5.11. The summed E-state index contributed by atoms with van der Waals surface area (Å²) in [6.07, 6.45) is 0.898. The lowest BCUT2D eigenvalue weighted by atomic mass is 10.1. The smallest absolute Gasteiger partial charge is 0.161 e. The summed E-state index contributed by atoms with van der Waals surface area (Å²) in [6.45, 7) is 4.19. The van der Waals surface area contributed by atoms with Gasteiger partial charge in [-0.3, -0.25) is 0 Å². The van der Waals surface area contributed by atoms with Gasteiger partial charge in [-0.2, -0.15) is 0 Å². The molecule has 0 unspecified atom stereocenters. The van der Waals surface area contributed by atoms with Crippen LogP contribution in [0.2, 0.25) is 0 Å². The van der Waals surface area contributed by atoms with E-state index < -0.39 is 0 Å². The summed E-state index contributed by atoms with van der Waals surface area (Å²) in [6, 6.07) is 20.4. The van der Waals surface area contributed by atoms with Gasteiger partial charge in [-0.05, 0) is 60.8 Å². The van der Waals surface area contributed by atoms with Crippen LogP contribution in [0.25, 0.3) is 0 Å². The average Bonchev–Trinajstić information content (AvgIpc) is 2.81. The van der Waals surface area contributed by atoms with E-state index in [1.807, 2.05) is 24.3 Å². The van der Waals surface area contributed by atoms with Crippen molar-refractivity contribution in [2.45, 2.75) is 26.5 Å². The highest BCUT2D eigenvalue weighted by Crippen LogP contribution is 2.29. The van der Waals surface area contributed by atoms with Crippen LogP contribution >= 0.6 is 0 Å². The number of ether oxygens (including phenoxy) is 4. The van der Waals surface area contributed by atoms with Crippen LogP contribution in [-0.4, -0.2) is 27.9 Å². The number of aryl methyl sites for hydroxylation is 1. The zero-order valence-electron chi connectivity index (χ0n) is 18.7. The molecule has 31 heavy (non-hydrogen) atoms. The van der Waals surface area contributed by atoms with Crippen molar-refractivity contribution in [2.24, 2.45) is 0 Å². The SMILES string of the molecule is COc1ccc(CCNCc2ccc(OCc3ccc(C)cc3)c(OC)c2)cc1OC. The Kier molecular flexibility index (Phi) is 8.19. The molecule has 5 heteroatoms. The highest BCUT2D eigenvalue weighted by Gasteiger charge is 2.07. The van der Waals surface area contributed by atoms with Crippen molar-refractivity contribution in [2.75, 3.05) is 27.9 Å². The van der Waals surface area contributed by atoms with E-state index in [2.05, 4.69) is 48.6 Å². The molecule has 0 aliphatic heterocycles. The number of hydrogen-bond donors (Lipinski definition) is 1. The third kappa shape index (κ3) is 6.40. The van der Waals surface area contributed by atoms with Gasteiger partial charge in [0.05, 0.1) is 21.3 Å². The quantitative estimate of drug-likeness (QED) is 0.445. The van der Waals surface area contributed by atoms with E-state index in [4.69, 9.17) is 18.9 Å². The molecule has 0 bridgehead atoms. The highest BCUT2D eigenvalue weighted by atomic mass is 16.5. The first-order chi connectivity index (χ1) is 15.1. The normalized spacial score (nSPS) is 10.6. The molecular weight excluding hydrogens is 390 g/mol. The van der Waals surface area contributed by atoms with Crippen molar-refractivity contribution >= 4 is 0 Å². The Bertz CT molecular complexity index is 970. The minimum Gasteiger partial charge on any atom is -0.493 e. The Morgan fingerprint density at radius 2 is 1.23 bits per heavy atom. The van der Waals surface area contributed by atoms with Crippen molar-refractivity contribution in [1.29, 1.82) is 0 Å². The van der Waals surface area contributed by atoms with Gasteiger partial charge >= 0.3 is 0 Å². The second kappa shape index (κ2) is 11.3. The fourth-order valence-electron chi connectivity index (χ4n) is 3.29. The molecule has 0 saturated carbocycles. The van der Waals surface area contributed by atoms with Crippen molar-refractivity contribution in [3.63, 3.8) is 0 Å². The maximum absolute atomic E-state index is 5.97. The Morgan fingerprint density at radius 1 is 0.645 bits per heavy atom. The molecule has 0 aromatic heterocycles. The second-order valence-corrected chi connectivity index (χ2v) is 7.38. The molecule has 0 saturated heterocycles. The molecule has 3 rings (SSSR count). The van der Waals surface area contributed by atoms with E-state index in [0.717, 1.165) is 53.6 Å². The summed E-state index contributed by atoms with van der Waals surface area (Å²) in [4.78, 5) is 0. The highest BCUT2D eigenvalue weighted by molar-refractivity contribution is 5.44. The van der Waals surface area contributed by atoms with Crippen LogP contribution in [-0.2, 0) is 19.6 Å². The van der Waals surface area contributed by atoms with Crippen LogP contribution in [0.15, 0.2) is 60.7 Å². The first-order valence-electron chi connectivity index (χ1n) is 10.4. The largest absolute Gasteiger partial charge is 0.493 e. The molecule has 5 nitrogen and oxygen atoms in total. The lowest BCUT2D eigenvalue weighted by Crippen LogP contribution is -2.16. The van der Waals surface area contributed by atoms with Crippen LogP contribution in [0.5, 0.6) is 23.0 Å². The first kappa shape index (κ1) is 22.5. The van der Waals surface area contributed by atoms with E-state index in [1.54, 1.807) is 21.3 Å². The van der Waals surface area contributed by atoms with Gasteiger partial charge in [0.15, 0.2) is 23.0 Å². The summed E-state index contributed by atoms with van der Waals surface area (Å²) in [7, 11) is 4.97. The molecular formula is C26H31NO4. The molecule has 0 aliphatic rings. The van der Waals surface area contributed by atoms with Gasteiger partial charge in [0, 0.05) is 6.54 Å². The fourth-order valence-corrected chi connectivity index (χ4v) is 3.29. The summed E-state index contributed by atoms with van der Waals surface area (Å²) in [5.41, 5.74) is 4.72. The molecule has 0 heterocycles. The van der Waals surface area contributed by atoms with Crippen LogP contribution < -0.4 is 24.3 Å². The monoisotopic (exact) mass is 421 g/mol.